The van der Waals surface area contributed by atoms with E-state index in [4.69, 9.17) is 0 Å². The molecule has 0 saturated carbocycles. The van der Waals surface area contributed by atoms with E-state index in [-0.39, 0.29) is 11.7 Å². The van der Waals surface area contributed by atoms with Crippen molar-refractivity contribution in [2.45, 2.75) is 41.0 Å². The highest BCUT2D eigenvalue weighted by molar-refractivity contribution is 7.11. The van der Waals surface area contributed by atoms with Gasteiger partial charge in [0.25, 0.3) is 0 Å². The molecule has 0 saturated heterocycles. The fourth-order valence-corrected chi connectivity index (χ4v) is 2.66. The Kier molecular flexibility index (Phi) is 4.03. The smallest absolute Gasteiger partial charge is 0.133 e. The summed E-state index contributed by atoms with van der Waals surface area (Å²) >= 11 is 1.71. The molecule has 1 rings (SSSR count). The van der Waals surface area contributed by atoms with E-state index in [1.165, 1.54) is 4.88 Å². The molecule has 84 valence electrons. The normalized spacial score (nSPS) is 13.2. The lowest BCUT2D eigenvalue weighted by atomic mass is 9.89. The van der Waals surface area contributed by atoms with Gasteiger partial charge in [-0.1, -0.05) is 13.8 Å². The summed E-state index contributed by atoms with van der Waals surface area (Å²) in [7, 11) is 0. The summed E-state index contributed by atoms with van der Waals surface area (Å²) in [6, 6.07) is 0. The van der Waals surface area contributed by atoms with Crippen molar-refractivity contribution in [3.8, 4) is 0 Å². The molecule has 0 N–H and O–H groups in total. The van der Waals surface area contributed by atoms with E-state index in [1.807, 2.05) is 6.92 Å². The predicted octanol–water partition coefficient (Wildman–Crippen LogP) is 3.16. The molecule has 1 heterocycles. The van der Waals surface area contributed by atoms with Gasteiger partial charge in [-0.05, 0) is 26.7 Å². The fourth-order valence-electron chi connectivity index (χ4n) is 1.66. The molecule has 1 aromatic heterocycles. The van der Waals surface area contributed by atoms with Crippen molar-refractivity contribution in [2.24, 2.45) is 11.8 Å². The predicted molar refractivity (Wildman–Crippen MR) is 64.3 cm³/mol. The lowest BCUT2D eigenvalue weighted by Gasteiger charge is -2.15. The number of aromatic nitrogens is 1. The quantitative estimate of drug-likeness (QED) is 0.788. The maximum Gasteiger partial charge on any atom is 0.133 e. The summed E-state index contributed by atoms with van der Waals surface area (Å²) in [5.74, 6) is 0.789. The molecule has 0 fully saturated rings. The van der Waals surface area contributed by atoms with Crippen molar-refractivity contribution in [3.05, 3.63) is 15.6 Å². The zero-order valence-corrected chi connectivity index (χ0v) is 10.9. The van der Waals surface area contributed by atoms with E-state index < -0.39 is 0 Å². The molecule has 2 nitrogen and oxygen atoms in total. The second-order valence-electron chi connectivity index (χ2n) is 4.41. The van der Waals surface area contributed by atoms with Gasteiger partial charge in [0.05, 0.1) is 10.7 Å². The second-order valence-corrected chi connectivity index (χ2v) is 5.70. The van der Waals surface area contributed by atoms with E-state index in [0.717, 1.165) is 17.1 Å². The maximum atomic E-state index is 11.5. The van der Waals surface area contributed by atoms with Gasteiger partial charge in [0.15, 0.2) is 0 Å². The van der Waals surface area contributed by atoms with Crippen LogP contribution in [0.1, 0.15) is 36.3 Å². The van der Waals surface area contributed by atoms with Gasteiger partial charge in [0, 0.05) is 17.2 Å². The summed E-state index contributed by atoms with van der Waals surface area (Å²) in [6.07, 6.45) is 0.798. The standard InChI is InChI=1S/C12H19NOS/c1-7(2)11(9(4)14)6-12-13-8(3)10(5)15-12/h7,11H,6H2,1-5H3. The summed E-state index contributed by atoms with van der Waals surface area (Å²) < 4.78 is 0. The second kappa shape index (κ2) is 4.88. The molecule has 1 atom stereocenters. The number of aryl methyl sites for hydroxylation is 2. The van der Waals surface area contributed by atoms with E-state index in [1.54, 1.807) is 18.3 Å². The van der Waals surface area contributed by atoms with Crippen molar-refractivity contribution >= 4 is 17.1 Å². The van der Waals surface area contributed by atoms with Gasteiger partial charge in [-0.15, -0.1) is 11.3 Å². The van der Waals surface area contributed by atoms with E-state index in [2.05, 4.69) is 25.8 Å². The molecule has 1 aromatic rings. The van der Waals surface area contributed by atoms with Crippen LogP contribution in [0, 0.1) is 25.7 Å². The van der Waals surface area contributed by atoms with Crippen LogP contribution in [0.4, 0.5) is 0 Å². The van der Waals surface area contributed by atoms with Crippen molar-refractivity contribution in [3.63, 3.8) is 0 Å². The van der Waals surface area contributed by atoms with Crippen molar-refractivity contribution in [1.29, 1.82) is 0 Å². The monoisotopic (exact) mass is 225 g/mol. The lowest BCUT2D eigenvalue weighted by Crippen LogP contribution is -2.20. The van der Waals surface area contributed by atoms with Crippen molar-refractivity contribution in [2.75, 3.05) is 0 Å². The molecule has 0 aliphatic rings. The molecular weight excluding hydrogens is 206 g/mol. The molecule has 0 spiro atoms. The highest BCUT2D eigenvalue weighted by Crippen LogP contribution is 2.23. The van der Waals surface area contributed by atoms with Crippen LogP contribution >= 0.6 is 11.3 Å². The number of ketones is 1. The van der Waals surface area contributed by atoms with E-state index in [9.17, 15) is 4.79 Å². The van der Waals surface area contributed by atoms with Gasteiger partial charge >= 0.3 is 0 Å². The average molecular weight is 225 g/mol. The molecule has 0 bridgehead atoms. The van der Waals surface area contributed by atoms with Gasteiger partial charge in [0.2, 0.25) is 0 Å². The molecule has 1 unspecified atom stereocenters. The van der Waals surface area contributed by atoms with E-state index in [0.29, 0.717) is 5.92 Å². The molecular formula is C12H19NOS. The van der Waals surface area contributed by atoms with Crippen LogP contribution in [0.15, 0.2) is 0 Å². The Bertz CT molecular complexity index is 335. The highest BCUT2D eigenvalue weighted by atomic mass is 32.1. The SMILES string of the molecule is CC(=O)C(Cc1nc(C)c(C)s1)C(C)C. The molecule has 0 radical (unpaired) electrons. The Labute approximate surface area is 95.7 Å². The third-order valence-electron chi connectivity index (χ3n) is 2.79. The molecule has 0 aliphatic heterocycles. The zero-order chi connectivity index (χ0) is 11.6. The van der Waals surface area contributed by atoms with Crippen LogP contribution in [0.3, 0.4) is 0 Å². The average Bonchev–Trinajstić information content (AvgIpc) is 2.41. The first-order valence-corrected chi connectivity index (χ1v) is 6.16. The van der Waals surface area contributed by atoms with Crippen LogP contribution < -0.4 is 0 Å². The van der Waals surface area contributed by atoms with Crippen LogP contribution in [0.5, 0.6) is 0 Å². The van der Waals surface area contributed by atoms with Gasteiger partial charge in [-0.25, -0.2) is 4.98 Å². The number of nitrogens with zero attached hydrogens (tertiary/aromatic N) is 1. The van der Waals surface area contributed by atoms with Gasteiger partial charge in [0.1, 0.15) is 5.78 Å². The molecule has 0 amide bonds. The van der Waals surface area contributed by atoms with Crippen LogP contribution in [0.2, 0.25) is 0 Å². The first-order chi connectivity index (χ1) is 6.91. The Morgan fingerprint density at radius 2 is 2.00 bits per heavy atom. The minimum absolute atomic E-state index is 0.120. The Morgan fingerprint density at radius 3 is 2.33 bits per heavy atom. The minimum atomic E-state index is 0.120. The van der Waals surface area contributed by atoms with Gasteiger partial charge in [-0.3, -0.25) is 4.79 Å². The number of hydrogen-bond donors (Lipinski definition) is 0. The molecule has 0 aliphatic carbocycles. The van der Waals surface area contributed by atoms with E-state index >= 15 is 0 Å². The first-order valence-electron chi connectivity index (χ1n) is 5.35. The van der Waals surface area contributed by atoms with Crippen LogP contribution in [0.25, 0.3) is 0 Å². The van der Waals surface area contributed by atoms with Gasteiger partial charge in [-0.2, -0.15) is 0 Å². The topological polar surface area (TPSA) is 30.0 Å². The zero-order valence-electron chi connectivity index (χ0n) is 10.1. The third-order valence-corrected chi connectivity index (χ3v) is 3.89. The van der Waals surface area contributed by atoms with Crippen LogP contribution in [-0.4, -0.2) is 10.8 Å². The maximum absolute atomic E-state index is 11.5. The summed E-state index contributed by atoms with van der Waals surface area (Å²) in [6.45, 7) is 9.97. The molecule has 15 heavy (non-hydrogen) atoms. The number of rotatable bonds is 4. The number of carbonyl (C=O) groups excluding carboxylic acids is 1. The number of carbonyl (C=O) groups is 1. The van der Waals surface area contributed by atoms with Crippen molar-refractivity contribution < 1.29 is 4.79 Å². The molecule has 0 aromatic carbocycles. The Hall–Kier alpha value is -0.700. The lowest BCUT2D eigenvalue weighted by molar-refractivity contribution is -0.121. The summed E-state index contributed by atoms with van der Waals surface area (Å²) in [5.41, 5.74) is 1.10. The first kappa shape index (κ1) is 12.4. The Balaban J connectivity index is 2.79. The largest absolute Gasteiger partial charge is 0.300 e. The summed E-state index contributed by atoms with van der Waals surface area (Å²) in [5, 5.41) is 1.10. The number of thiazole rings is 1. The minimum Gasteiger partial charge on any atom is -0.300 e. The summed E-state index contributed by atoms with van der Waals surface area (Å²) in [4.78, 5) is 17.2. The fraction of sp³-hybridized carbons (Fsp3) is 0.667. The van der Waals surface area contributed by atoms with Crippen molar-refractivity contribution in [1.82, 2.24) is 4.98 Å². The van der Waals surface area contributed by atoms with Crippen LogP contribution in [-0.2, 0) is 11.2 Å². The third kappa shape index (κ3) is 3.13. The number of hydrogen-bond acceptors (Lipinski definition) is 3. The molecule has 3 heteroatoms. The highest BCUT2D eigenvalue weighted by Gasteiger charge is 2.20. The van der Waals surface area contributed by atoms with Gasteiger partial charge < -0.3 is 0 Å². The Morgan fingerprint density at radius 1 is 1.40 bits per heavy atom. The number of Topliss-reactive ketones (excluding diaryl/α,β-unsaturated/α-hetero) is 1.